The summed E-state index contributed by atoms with van der Waals surface area (Å²) >= 11 is 0. The van der Waals surface area contributed by atoms with Gasteiger partial charge in [-0.2, -0.15) is 0 Å². The Hall–Kier alpha value is -2.17. The van der Waals surface area contributed by atoms with Crippen LogP contribution >= 0.6 is 0 Å². The highest BCUT2D eigenvalue weighted by molar-refractivity contribution is 5.78. The van der Waals surface area contributed by atoms with E-state index in [4.69, 9.17) is 4.74 Å². The second-order valence-electron chi connectivity index (χ2n) is 9.20. The van der Waals surface area contributed by atoms with Gasteiger partial charge in [-0.3, -0.25) is 9.69 Å². The van der Waals surface area contributed by atoms with Crippen LogP contribution in [0.25, 0.3) is 11.1 Å². The lowest BCUT2D eigenvalue weighted by atomic mass is 9.95. The van der Waals surface area contributed by atoms with Crippen molar-refractivity contribution in [2.24, 2.45) is 11.8 Å². The van der Waals surface area contributed by atoms with Crippen LogP contribution in [0, 0.1) is 11.8 Å². The van der Waals surface area contributed by atoms with E-state index in [-0.39, 0.29) is 11.8 Å². The zero-order valence-corrected chi connectivity index (χ0v) is 17.7. The molecule has 30 heavy (non-hydrogen) atoms. The van der Waals surface area contributed by atoms with Crippen molar-refractivity contribution in [1.82, 2.24) is 10.2 Å². The Morgan fingerprint density at radius 3 is 2.77 bits per heavy atom. The van der Waals surface area contributed by atoms with Crippen LogP contribution in [0.15, 0.2) is 42.5 Å². The van der Waals surface area contributed by atoms with Crippen molar-refractivity contribution in [3.63, 3.8) is 0 Å². The molecule has 0 saturated carbocycles. The highest BCUT2D eigenvalue weighted by atomic mass is 16.5. The minimum Gasteiger partial charge on any atom is -0.381 e. The lowest BCUT2D eigenvalue weighted by Gasteiger charge is -2.33. The standard InChI is InChI=1S/C26H32N2O2/c29-26(21-9-12-30-13-10-21)27-16-20-4-3-11-28(18-20)17-19-7-8-25-23(14-19)15-22-5-1-2-6-24(22)25/h1-2,5-8,14,20-21H,3-4,9-13,15-18H2,(H,27,29). The van der Waals surface area contributed by atoms with Crippen molar-refractivity contribution in [2.75, 3.05) is 32.8 Å². The van der Waals surface area contributed by atoms with E-state index in [9.17, 15) is 4.79 Å². The third-order valence-electron chi connectivity index (χ3n) is 7.02. The first kappa shape index (κ1) is 19.8. The Bertz CT molecular complexity index is 904. The van der Waals surface area contributed by atoms with Gasteiger partial charge in [-0.05, 0) is 72.4 Å². The minimum atomic E-state index is 0.147. The number of carbonyl (C=O) groups excluding carboxylic acids is 1. The summed E-state index contributed by atoms with van der Waals surface area (Å²) in [5.74, 6) is 0.934. The molecule has 0 aromatic heterocycles. The molecule has 1 amide bonds. The maximum Gasteiger partial charge on any atom is 0.223 e. The predicted molar refractivity (Wildman–Crippen MR) is 119 cm³/mol. The largest absolute Gasteiger partial charge is 0.381 e. The molecule has 1 N–H and O–H groups in total. The molecule has 4 nitrogen and oxygen atoms in total. The fourth-order valence-corrected chi connectivity index (χ4v) is 5.37. The van der Waals surface area contributed by atoms with E-state index in [1.165, 1.54) is 40.7 Å². The third kappa shape index (κ3) is 4.30. The number of likely N-dealkylation sites (tertiary alicyclic amines) is 1. The van der Waals surface area contributed by atoms with E-state index in [2.05, 4.69) is 52.7 Å². The molecule has 2 fully saturated rings. The Kier molecular flexibility index (Phi) is 5.87. The van der Waals surface area contributed by atoms with Gasteiger partial charge in [-0.1, -0.05) is 42.5 Å². The van der Waals surface area contributed by atoms with Gasteiger partial charge in [-0.25, -0.2) is 0 Å². The van der Waals surface area contributed by atoms with Gasteiger partial charge in [0.25, 0.3) is 0 Å². The molecule has 2 aromatic carbocycles. The first-order chi connectivity index (χ1) is 14.8. The molecule has 5 rings (SSSR count). The molecule has 2 saturated heterocycles. The van der Waals surface area contributed by atoms with Crippen molar-refractivity contribution >= 4 is 5.91 Å². The van der Waals surface area contributed by atoms with Crippen LogP contribution in [0.2, 0.25) is 0 Å². The molecule has 2 heterocycles. The van der Waals surface area contributed by atoms with Gasteiger partial charge in [0.15, 0.2) is 0 Å². The van der Waals surface area contributed by atoms with Crippen molar-refractivity contribution in [2.45, 2.75) is 38.6 Å². The zero-order valence-electron chi connectivity index (χ0n) is 17.7. The summed E-state index contributed by atoms with van der Waals surface area (Å²) in [6.45, 7) is 5.50. The summed E-state index contributed by atoms with van der Waals surface area (Å²) in [4.78, 5) is 15.0. The maximum absolute atomic E-state index is 12.4. The predicted octanol–water partition coefficient (Wildman–Crippen LogP) is 4.01. The maximum atomic E-state index is 12.4. The molecule has 2 aliphatic heterocycles. The SMILES string of the molecule is O=C(NCC1CCCN(Cc2ccc3c(c2)Cc2ccccc2-3)C1)C1CCOCC1. The number of carbonyl (C=O) groups is 1. The van der Waals surface area contributed by atoms with Crippen molar-refractivity contribution in [3.05, 3.63) is 59.2 Å². The van der Waals surface area contributed by atoms with Gasteiger partial charge in [-0.15, -0.1) is 0 Å². The highest BCUT2D eigenvalue weighted by Crippen LogP contribution is 2.37. The van der Waals surface area contributed by atoms with Crippen LogP contribution < -0.4 is 5.32 Å². The molecule has 1 unspecified atom stereocenters. The molecular formula is C26H32N2O2. The summed E-state index contributed by atoms with van der Waals surface area (Å²) in [5, 5.41) is 3.23. The van der Waals surface area contributed by atoms with E-state index in [0.717, 1.165) is 58.7 Å². The summed E-state index contributed by atoms with van der Waals surface area (Å²) < 4.78 is 5.37. The van der Waals surface area contributed by atoms with E-state index in [1.54, 1.807) is 0 Å². The number of benzene rings is 2. The van der Waals surface area contributed by atoms with Gasteiger partial charge < -0.3 is 10.1 Å². The molecule has 1 aliphatic carbocycles. The lowest BCUT2D eigenvalue weighted by Crippen LogP contribution is -2.42. The smallest absolute Gasteiger partial charge is 0.223 e. The fourth-order valence-electron chi connectivity index (χ4n) is 5.37. The first-order valence-corrected chi connectivity index (χ1v) is 11.5. The Balaban J connectivity index is 1.15. The second kappa shape index (κ2) is 8.91. The Labute approximate surface area is 179 Å². The molecule has 158 valence electrons. The number of piperidine rings is 1. The molecule has 3 aliphatic rings. The van der Waals surface area contributed by atoms with Crippen molar-refractivity contribution in [1.29, 1.82) is 0 Å². The molecule has 2 aromatic rings. The summed E-state index contributed by atoms with van der Waals surface area (Å²) in [6.07, 6.45) is 5.22. The summed E-state index contributed by atoms with van der Waals surface area (Å²) in [6, 6.07) is 15.8. The van der Waals surface area contributed by atoms with Gasteiger partial charge in [0, 0.05) is 38.8 Å². The van der Waals surface area contributed by atoms with Crippen molar-refractivity contribution < 1.29 is 9.53 Å². The monoisotopic (exact) mass is 404 g/mol. The quantitative estimate of drug-likeness (QED) is 0.699. The second-order valence-corrected chi connectivity index (χ2v) is 9.20. The number of nitrogens with one attached hydrogen (secondary N) is 1. The van der Waals surface area contributed by atoms with Crippen LogP contribution in [0.4, 0.5) is 0 Å². The normalized spacial score (nSPS) is 21.8. The fraction of sp³-hybridized carbons (Fsp3) is 0.500. The number of amides is 1. The molecular weight excluding hydrogens is 372 g/mol. The molecule has 4 heteroatoms. The van der Waals surface area contributed by atoms with Gasteiger partial charge >= 0.3 is 0 Å². The van der Waals surface area contributed by atoms with E-state index in [1.807, 2.05) is 0 Å². The number of ether oxygens (including phenoxy) is 1. The third-order valence-corrected chi connectivity index (χ3v) is 7.02. The Morgan fingerprint density at radius 2 is 1.87 bits per heavy atom. The van der Waals surface area contributed by atoms with E-state index in [0.29, 0.717) is 5.92 Å². The van der Waals surface area contributed by atoms with Crippen LogP contribution in [0.1, 0.15) is 42.4 Å². The van der Waals surface area contributed by atoms with Gasteiger partial charge in [0.05, 0.1) is 0 Å². The van der Waals surface area contributed by atoms with Gasteiger partial charge in [0.2, 0.25) is 5.91 Å². The van der Waals surface area contributed by atoms with Crippen LogP contribution in [-0.4, -0.2) is 43.7 Å². The zero-order chi connectivity index (χ0) is 20.3. The highest BCUT2D eigenvalue weighted by Gasteiger charge is 2.25. The molecule has 0 bridgehead atoms. The van der Waals surface area contributed by atoms with Crippen molar-refractivity contribution in [3.8, 4) is 11.1 Å². The molecule has 0 spiro atoms. The first-order valence-electron chi connectivity index (χ1n) is 11.5. The van der Waals surface area contributed by atoms with Crippen LogP contribution in [-0.2, 0) is 22.5 Å². The lowest BCUT2D eigenvalue weighted by molar-refractivity contribution is -0.128. The number of hydrogen-bond acceptors (Lipinski definition) is 3. The number of nitrogens with zero attached hydrogens (tertiary/aromatic N) is 1. The molecule has 0 radical (unpaired) electrons. The average Bonchev–Trinajstić information content (AvgIpc) is 3.16. The van der Waals surface area contributed by atoms with E-state index < -0.39 is 0 Å². The Morgan fingerprint density at radius 1 is 1.03 bits per heavy atom. The topological polar surface area (TPSA) is 41.6 Å². The van der Waals surface area contributed by atoms with Crippen LogP contribution in [0.3, 0.4) is 0 Å². The molecule has 1 atom stereocenters. The van der Waals surface area contributed by atoms with Crippen LogP contribution in [0.5, 0.6) is 0 Å². The average molecular weight is 405 g/mol. The number of hydrogen-bond donors (Lipinski definition) is 1. The number of rotatable bonds is 5. The summed E-state index contributed by atoms with van der Waals surface area (Å²) in [5.41, 5.74) is 7.13. The van der Waals surface area contributed by atoms with E-state index >= 15 is 0 Å². The minimum absolute atomic E-state index is 0.147. The van der Waals surface area contributed by atoms with Gasteiger partial charge in [0.1, 0.15) is 0 Å². The summed E-state index contributed by atoms with van der Waals surface area (Å²) in [7, 11) is 0. The number of fused-ring (bicyclic) bond motifs is 3.